The quantitative estimate of drug-likeness (QED) is 0.285. The first-order valence-electron chi connectivity index (χ1n) is 10.7. The van der Waals surface area contributed by atoms with Crippen LogP contribution in [-0.2, 0) is 6.42 Å². The first-order chi connectivity index (χ1) is 15.4. The van der Waals surface area contributed by atoms with Crippen molar-refractivity contribution >= 4 is 49.0 Å². The number of nitrogens with zero attached hydrogens (tertiary/aromatic N) is 3. The number of hydrogen-bond acceptors (Lipinski definition) is 5. The zero-order chi connectivity index (χ0) is 23.3. The first-order valence-corrected chi connectivity index (χ1v) is 12.3. The Morgan fingerprint density at radius 2 is 2.00 bits per heavy atom. The fraction of sp³-hybridized carbons (Fsp3) is 0.375. The summed E-state index contributed by atoms with van der Waals surface area (Å²) in [6.07, 6.45) is 5.17. The molecule has 32 heavy (non-hydrogen) atoms. The lowest BCUT2D eigenvalue weighted by molar-refractivity contribution is 0.206. The van der Waals surface area contributed by atoms with E-state index in [-0.39, 0.29) is 11.7 Å². The number of unbranched alkanes of at least 4 members (excludes halogenated alkanes) is 1. The number of fused-ring (bicyclic) bond motifs is 1. The Morgan fingerprint density at radius 1 is 1.22 bits per heavy atom. The van der Waals surface area contributed by atoms with Crippen molar-refractivity contribution in [3.8, 4) is 11.5 Å². The summed E-state index contributed by atoms with van der Waals surface area (Å²) in [4.78, 5) is 17.9. The van der Waals surface area contributed by atoms with E-state index in [4.69, 9.17) is 14.5 Å². The normalized spacial score (nSPS) is 12.4. The molecule has 0 N–H and O–H groups in total. The molecular weight excluding hydrogens is 538 g/mol. The van der Waals surface area contributed by atoms with Gasteiger partial charge in [-0.25, -0.2) is 4.98 Å². The molecule has 0 aliphatic rings. The number of rotatable bonds is 9. The van der Waals surface area contributed by atoms with Crippen LogP contribution < -0.4 is 15.0 Å². The third-order valence-electron chi connectivity index (χ3n) is 5.10. The highest BCUT2D eigenvalue weighted by atomic mass is 79.9. The van der Waals surface area contributed by atoms with Gasteiger partial charge in [0.25, 0.3) is 5.56 Å². The summed E-state index contributed by atoms with van der Waals surface area (Å²) in [5.41, 5.74) is 1.25. The van der Waals surface area contributed by atoms with Crippen molar-refractivity contribution in [1.29, 1.82) is 0 Å². The van der Waals surface area contributed by atoms with E-state index in [1.165, 1.54) is 4.68 Å². The van der Waals surface area contributed by atoms with Gasteiger partial charge in [-0.1, -0.05) is 36.2 Å². The molecule has 0 saturated heterocycles. The van der Waals surface area contributed by atoms with Gasteiger partial charge >= 0.3 is 0 Å². The van der Waals surface area contributed by atoms with E-state index >= 15 is 0 Å². The van der Waals surface area contributed by atoms with E-state index in [0.29, 0.717) is 34.6 Å². The molecule has 0 aliphatic heterocycles. The van der Waals surface area contributed by atoms with Crippen molar-refractivity contribution in [2.45, 2.75) is 52.6 Å². The van der Waals surface area contributed by atoms with E-state index < -0.39 is 0 Å². The summed E-state index contributed by atoms with van der Waals surface area (Å²) in [5, 5.41) is 5.04. The Labute approximate surface area is 204 Å². The molecule has 0 saturated carbocycles. The van der Waals surface area contributed by atoms with Crippen molar-refractivity contribution in [3.05, 3.63) is 61.0 Å². The van der Waals surface area contributed by atoms with Crippen LogP contribution in [-0.4, -0.2) is 29.1 Å². The van der Waals surface area contributed by atoms with Crippen molar-refractivity contribution in [2.24, 2.45) is 5.10 Å². The van der Waals surface area contributed by atoms with Crippen LogP contribution in [0.25, 0.3) is 10.9 Å². The molecule has 1 aromatic heterocycles. The van der Waals surface area contributed by atoms with Crippen molar-refractivity contribution in [3.63, 3.8) is 0 Å². The monoisotopic (exact) mass is 563 g/mol. The smallest absolute Gasteiger partial charge is 0.282 e. The molecule has 1 heterocycles. The summed E-state index contributed by atoms with van der Waals surface area (Å²) in [7, 11) is 1.60. The van der Waals surface area contributed by atoms with E-state index in [9.17, 15) is 4.79 Å². The Balaban J connectivity index is 2.06. The van der Waals surface area contributed by atoms with Gasteiger partial charge in [0.15, 0.2) is 11.5 Å². The standard InChI is InChI=1S/C24H27Br2N3O3/c1-5-7-8-22-28-20-10-9-17(25)13-18(20)24(30)29(22)27-14-16-11-19(26)23(21(12-16)31-4)32-15(3)6-2/h9-15H,5-8H2,1-4H3/t15-/m0/s1. The van der Waals surface area contributed by atoms with Gasteiger partial charge in [-0.2, -0.15) is 9.78 Å². The van der Waals surface area contributed by atoms with Crippen molar-refractivity contribution < 1.29 is 9.47 Å². The second-order valence-electron chi connectivity index (χ2n) is 7.53. The molecule has 0 aliphatic carbocycles. The molecule has 2 aromatic carbocycles. The molecule has 0 fully saturated rings. The molecule has 0 spiro atoms. The van der Waals surface area contributed by atoms with Crippen LogP contribution in [0.3, 0.4) is 0 Å². The number of halogens is 2. The fourth-order valence-electron chi connectivity index (χ4n) is 3.15. The van der Waals surface area contributed by atoms with E-state index in [0.717, 1.165) is 33.8 Å². The summed E-state index contributed by atoms with van der Waals surface area (Å²) < 4.78 is 14.5. The molecule has 0 amide bonds. The Hall–Kier alpha value is -2.19. The topological polar surface area (TPSA) is 65.7 Å². The molecule has 0 radical (unpaired) electrons. The van der Waals surface area contributed by atoms with Crippen molar-refractivity contribution in [1.82, 2.24) is 9.66 Å². The van der Waals surface area contributed by atoms with Gasteiger partial charge in [0.2, 0.25) is 0 Å². The van der Waals surface area contributed by atoms with Crippen LogP contribution in [0.2, 0.25) is 0 Å². The minimum absolute atomic E-state index is 0.0578. The lowest BCUT2D eigenvalue weighted by Gasteiger charge is -2.17. The lowest BCUT2D eigenvalue weighted by Crippen LogP contribution is -2.22. The highest BCUT2D eigenvalue weighted by Crippen LogP contribution is 2.37. The van der Waals surface area contributed by atoms with Gasteiger partial charge in [-0.15, -0.1) is 0 Å². The van der Waals surface area contributed by atoms with Crippen LogP contribution in [0, 0.1) is 0 Å². The summed E-state index contributed by atoms with van der Waals surface area (Å²) in [6, 6.07) is 9.25. The lowest BCUT2D eigenvalue weighted by atomic mass is 10.2. The second kappa shape index (κ2) is 11.1. The highest BCUT2D eigenvalue weighted by Gasteiger charge is 2.15. The molecule has 1 atom stereocenters. The molecule has 0 unspecified atom stereocenters. The Bertz CT molecular complexity index is 1190. The van der Waals surface area contributed by atoms with Crippen LogP contribution in [0.15, 0.2) is 49.2 Å². The van der Waals surface area contributed by atoms with E-state index in [1.807, 2.05) is 31.2 Å². The molecule has 3 rings (SSSR count). The fourth-order valence-corrected chi connectivity index (χ4v) is 4.06. The van der Waals surface area contributed by atoms with E-state index in [1.54, 1.807) is 19.4 Å². The zero-order valence-corrected chi connectivity index (χ0v) is 21.9. The summed E-state index contributed by atoms with van der Waals surface area (Å²) in [6.45, 7) is 6.18. The number of benzene rings is 2. The average Bonchev–Trinajstić information content (AvgIpc) is 2.78. The van der Waals surface area contributed by atoms with Crippen LogP contribution in [0.1, 0.15) is 51.4 Å². The minimum atomic E-state index is -0.193. The highest BCUT2D eigenvalue weighted by molar-refractivity contribution is 9.10. The predicted octanol–water partition coefficient (Wildman–Crippen LogP) is 6.33. The van der Waals surface area contributed by atoms with E-state index in [2.05, 4.69) is 50.8 Å². The van der Waals surface area contributed by atoms with Crippen LogP contribution in [0.4, 0.5) is 0 Å². The largest absolute Gasteiger partial charge is 0.493 e. The molecule has 0 bridgehead atoms. The molecule has 3 aromatic rings. The van der Waals surface area contributed by atoms with Crippen LogP contribution in [0.5, 0.6) is 11.5 Å². The summed E-state index contributed by atoms with van der Waals surface area (Å²) >= 11 is 7.01. The number of hydrogen-bond donors (Lipinski definition) is 0. The zero-order valence-electron chi connectivity index (χ0n) is 18.7. The number of ether oxygens (including phenoxy) is 2. The maximum absolute atomic E-state index is 13.2. The van der Waals surface area contributed by atoms with Gasteiger partial charge in [0.05, 0.1) is 34.8 Å². The predicted molar refractivity (Wildman–Crippen MR) is 136 cm³/mol. The van der Waals surface area contributed by atoms with Gasteiger partial charge in [0, 0.05) is 10.9 Å². The van der Waals surface area contributed by atoms with Gasteiger partial charge in [-0.3, -0.25) is 4.79 Å². The maximum atomic E-state index is 13.2. The summed E-state index contributed by atoms with van der Waals surface area (Å²) in [5.74, 6) is 1.89. The van der Waals surface area contributed by atoms with Crippen molar-refractivity contribution in [2.75, 3.05) is 7.11 Å². The second-order valence-corrected chi connectivity index (χ2v) is 9.30. The average molecular weight is 565 g/mol. The third-order valence-corrected chi connectivity index (χ3v) is 6.18. The third kappa shape index (κ3) is 5.59. The minimum Gasteiger partial charge on any atom is -0.493 e. The molecular formula is C24H27Br2N3O3. The van der Waals surface area contributed by atoms with Gasteiger partial charge < -0.3 is 9.47 Å². The molecule has 6 nitrogen and oxygen atoms in total. The first kappa shape index (κ1) is 24.5. The van der Waals surface area contributed by atoms with Gasteiger partial charge in [-0.05, 0) is 71.6 Å². The maximum Gasteiger partial charge on any atom is 0.282 e. The number of aryl methyl sites for hydroxylation is 1. The Morgan fingerprint density at radius 3 is 2.69 bits per heavy atom. The van der Waals surface area contributed by atoms with Crippen LogP contribution >= 0.6 is 31.9 Å². The molecule has 8 heteroatoms. The number of aromatic nitrogens is 2. The Kier molecular flexibility index (Phi) is 8.48. The van der Waals surface area contributed by atoms with Gasteiger partial charge in [0.1, 0.15) is 5.82 Å². The number of methoxy groups -OCH3 is 1. The SMILES string of the molecule is CCCCc1nc2ccc(Br)cc2c(=O)n1N=Cc1cc(Br)c(O[C@@H](C)CC)c(OC)c1. The molecule has 170 valence electrons.